The van der Waals surface area contributed by atoms with E-state index in [1.165, 1.54) is 42.5 Å². The number of furan rings is 1. The summed E-state index contributed by atoms with van der Waals surface area (Å²) < 4.78 is 23.8. The molecule has 3 aromatic rings. The van der Waals surface area contributed by atoms with E-state index in [0.717, 1.165) is 0 Å². The molecule has 1 aliphatic rings. The van der Waals surface area contributed by atoms with Crippen molar-refractivity contribution in [3.05, 3.63) is 95.2 Å². The van der Waals surface area contributed by atoms with E-state index in [2.05, 4.69) is 0 Å². The molecular formula is C23H18FNO5. The van der Waals surface area contributed by atoms with Crippen molar-refractivity contribution >= 4 is 17.4 Å². The van der Waals surface area contributed by atoms with Crippen molar-refractivity contribution in [2.24, 2.45) is 0 Å². The van der Waals surface area contributed by atoms with Gasteiger partial charge in [0, 0.05) is 5.56 Å². The van der Waals surface area contributed by atoms with Crippen LogP contribution in [0.5, 0.6) is 5.75 Å². The highest BCUT2D eigenvalue weighted by molar-refractivity contribution is 6.46. The van der Waals surface area contributed by atoms with Gasteiger partial charge in [0.05, 0.1) is 31.5 Å². The van der Waals surface area contributed by atoms with Crippen molar-refractivity contribution in [3.8, 4) is 5.75 Å². The lowest BCUT2D eigenvalue weighted by molar-refractivity contribution is -0.140. The normalized spacial score (nSPS) is 18.1. The molecule has 1 aromatic heterocycles. The first kappa shape index (κ1) is 19.4. The molecule has 1 fully saturated rings. The zero-order valence-electron chi connectivity index (χ0n) is 16.0. The van der Waals surface area contributed by atoms with Gasteiger partial charge in [-0.1, -0.05) is 12.1 Å². The zero-order chi connectivity index (χ0) is 21.3. The summed E-state index contributed by atoms with van der Waals surface area (Å²) in [6, 6.07) is 14.5. The molecule has 0 bridgehead atoms. The number of nitrogens with zero attached hydrogens (tertiary/aromatic N) is 1. The molecule has 1 atom stereocenters. The summed E-state index contributed by atoms with van der Waals surface area (Å²) in [5.74, 6) is -1.30. The van der Waals surface area contributed by atoms with Gasteiger partial charge in [0.25, 0.3) is 11.7 Å². The number of halogens is 1. The second-order valence-corrected chi connectivity index (χ2v) is 6.79. The minimum Gasteiger partial charge on any atom is -0.507 e. The van der Waals surface area contributed by atoms with E-state index < -0.39 is 23.5 Å². The van der Waals surface area contributed by atoms with Crippen LogP contribution in [-0.2, 0) is 16.1 Å². The van der Waals surface area contributed by atoms with E-state index in [4.69, 9.17) is 9.15 Å². The van der Waals surface area contributed by atoms with E-state index in [1.807, 2.05) is 0 Å². The predicted octanol–water partition coefficient (Wildman–Crippen LogP) is 4.05. The summed E-state index contributed by atoms with van der Waals surface area (Å²) in [6.07, 6.45) is 1.48. The van der Waals surface area contributed by atoms with Crippen molar-refractivity contribution in [1.29, 1.82) is 0 Å². The Hall–Kier alpha value is -3.87. The number of ether oxygens (including phenoxy) is 1. The Morgan fingerprint density at radius 2 is 1.80 bits per heavy atom. The number of methoxy groups -OCH3 is 1. The molecule has 6 nitrogen and oxygen atoms in total. The van der Waals surface area contributed by atoms with Crippen molar-refractivity contribution in [2.45, 2.75) is 12.6 Å². The second-order valence-electron chi connectivity index (χ2n) is 6.79. The highest BCUT2D eigenvalue weighted by Crippen LogP contribution is 2.40. The Labute approximate surface area is 171 Å². The van der Waals surface area contributed by atoms with Crippen LogP contribution in [0.3, 0.4) is 0 Å². The number of amides is 1. The largest absolute Gasteiger partial charge is 0.507 e. The lowest BCUT2D eigenvalue weighted by Crippen LogP contribution is -2.29. The number of carbonyl (C=O) groups is 2. The summed E-state index contributed by atoms with van der Waals surface area (Å²) in [5, 5.41) is 10.9. The van der Waals surface area contributed by atoms with Gasteiger partial charge in [0.1, 0.15) is 23.1 Å². The fourth-order valence-corrected chi connectivity index (χ4v) is 3.51. The average molecular weight is 407 g/mol. The molecule has 1 N–H and O–H groups in total. The maximum Gasteiger partial charge on any atom is 0.296 e. The van der Waals surface area contributed by atoms with Gasteiger partial charge < -0.3 is 19.2 Å². The minimum atomic E-state index is -0.842. The number of rotatable bonds is 5. The third kappa shape index (κ3) is 3.45. The topological polar surface area (TPSA) is 80.0 Å². The summed E-state index contributed by atoms with van der Waals surface area (Å²) in [6.45, 7) is 0.0501. The van der Waals surface area contributed by atoms with Crippen LogP contribution in [0.25, 0.3) is 5.76 Å². The number of aliphatic hydroxyl groups is 1. The van der Waals surface area contributed by atoms with Crippen LogP contribution < -0.4 is 4.74 Å². The highest BCUT2D eigenvalue weighted by atomic mass is 19.1. The first-order valence-corrected chi connectivity index (χ1v) is 9.20. The Bertz CT molecular complexity index is 1100. The predicted molar refractivity (Wildman–Crippen MR) is 106 cm³/mol. The van der Waals surface area contributed by atoms with E-state index in [0.29, 0.717) is 17.1 Å². The van der Waals surface area contributed by atoms with E-state index >= 15 is 0 Å². The van der Waals surface area contributed by atoms with Crippen LogP contribution in [0.15, 0.2) is 76.9 Å². The molecule has 1 saturated heterocycles. The molecule has 0 radical (unpaired) electrons. The molecule has 1 amide bonds. The summed E-state index contributed by atoms with van der Waals surface area (Å²) in [4.78, 5) is 27.1. The number of likely N-dealkylation sites (tertiary alicyclic amines) is 1. The summed E-state index contributed by atoms with van der Waals surface area (Å²) in [7, 11) is 1.53. The fraction of sp³-hybridized carbons (Fsp3) is 0.130. The van der Waals surface area contributed by atoms with Gasteiger partial charge in [0.2, 0.25) is 0 Å². The Morgan fingerprint density at radius 3 is 2.40 bits per heavy atom. The Morgan fingerprint density at radius 1 is 1.10 bits per heavy atom. The van der Waals surface area contributed by atoms with Crippen LogP contribution in [0, 0.1) is 5.82 Å². The molecule has 4 rings (SSSR count). The fourth-order valence-electron chi connectivity index (χ4n) is 3.51. The van der Waals surface area contributed by atoms with Gasteiger partial charge >= 0.3 is 0 Å². The maximum absolute atomic E-state index is 13.3. The molecule has 7 heteroatoms. The highest BCUT2D eigenvalue weighted by Gasteiger charge is 2.46. The van der Waals surface area contributed by atoms with Gasteiger partial charge in [-0.3, -0.25) is 9.59 Å². The molecule has 152 valence electrons. The SMILES string of the molecule is COc1ccc(C2/C(=C(/O)c3ccc(F)cc3)C(=O)C(=O)N2Cc2ccco2)cc1. The molecule has 0 spiro atoms. The molecule has 1 aliphatic heterocycles. The quantitative estimate of drug-likeness (QED) is 0.392. The first-order valence-electron chi connectivity index (χ1n) is 9.20. The molecule has 0 aliphatic carbocycles. The van der Waals surface area contributed by atoms with Crippen molar-refractivity contribution < 1.29 is 28.2 Å². The van der Waals surface area contributed by atoms with Gasteiger partial charge in [-0.15, -0.1) is 0 Å². The van der Waals surface area contributed by atoms with Crippen LogP contribution in [0.2, 0.25) is 0 Å². The molecule has 30 heavy (non-hydrogen) atoms. The Balaban J connectivity index is 1.85. The van der Waals surface area contributed by atoms with E-state index in [1.54, 1.807) is 36.4 Å². The van der Waals surface area contributed by atoms with Gasteiger partial charge in [-0.2, -0.15) is 0 Å². The lowest BCUT2D eigenvalue weighted by atomic mass is 9.95. The number of aliphatic hydroxyl groups excluding tert-OH is 1. The van der Waals surface area contributed by atoms with Gasteiger partial charge in [-0.05, 0) is 54.1 Å². The van der Waals surface area contributed by atoms with Crippen LogP contribution in [0.1, 0.15) is 22.9 Å². The molecule has 2 heterocycles. The molecule has 1 unspecified atom stereocenters. The minimum absolute atomic E-state index is 0.0501. The number of hydrogen-bond acceptors (Lipinski definition) is 5. The molecule has 0 saturated carbocycles. The van der Waals surface area contributed by atoms with Gasteiger partial charge in [-0.25, -0.2) is 4.39 Å². The number of carbonyl (C=O) groups excluding carboxylic acids is 2. The zero-order valence-corrected chi connectivity index (χ0v) is 16.0. The van der Waals surface area contributed by atoms with Crippen LogP contribution in [0.4, 0.5) is 4.39 Å². The smallest absolute Gasteiger partial charge is 0.296 e. The molecule has 2 aromatic carbocycles. The monoisotopic (exact) mass is 407 g/mol. The Kier molecular flexibility index (Phi) is 5.10. The third-order valence-electron chi connectivity index (χ3n) is 5.00. The second kappa shape index (κ2) is 7.87. The summed E-state index contributed by atoms with van der Waals surface area (Å²) >= 11 is 0. The standard InChI is InChI=1S/C23H18FNO5/c1-29-17-10-6-14(7-11-17)20-19(21(26)15-4-8-16(24)9-5-15)22(27)23(28)25(20)13-18-3-2-12-30-18/h2-12,20,26H,13H2,1H3/b21-19-. The first-order chi connectivity index (χ1) is 14.5. The number of Topliss-reactive ketones (excluding diaryl/α,β-unsaturated/α-hetero) is 1. The number of hydrogen-bond donors (Lipinski definition) is 1. The van der Waals surface area contributed by atoms with Crippen LogP contribution >= 0.6 is 0 Å². The third-order valence-corrected chi connectivity index (χ3v) is 5.00. The van der Waals surface area contributed by atoms with Gasteiger partial charge in [0.15, 0.2) is 0 Å². The molecular weight excluding hydrogens is 389 g/mol. The maximum atomic E-state index is 13.3. The van der Waals surface area contributed by atoms with E-state index in [-0.39, 0.29) is 23.4 Å². The number of ketones is 1. The van der Waals surface area contributed by atoms with Crippen LogP contribution in [-0.4, -0.2) is 28.8 Å². The van der Waals surface area contributed by atoms with Crippen molar-refractivity contribution in [2.75, 3.05) is 7.11 Å². The van der Waals surface area contributed by atoms with E-state index in [9.17, 15) is 19.1 Å². The van der Waals surface area contributed by atoms with Crippen molar-refractivity contribution in [3.63, 3.8) is 0 Å². The number of benzene rings is 2. The average Bonchev–Trinajstić information content (AvgIpc) is 3.36. The summed E-state index contributed by atoms with van der Waals surface area (Å²) in [5.41, 5.74) is 0.791. The van der Waals surface area contributed by atoms with Crippen molar-refractivity contribution in [1.82, 2.24) is 4.90 Å². The lowest BCUT2D eigenvalue weighted by Gasteiger charge is -2.24.